The van der Waals surface area contributed by atoms with E-state index in [0.717, 1.165) is 12.6 Å². The fourth-order valence-corrected chi connectivity index (χ4v) is 2.68. The van der Waals surface area contributed by atoms with Gasteiger partial charge in [0.05, 0.1) is 0 Å². The molecule has 2 heterocycles. The Balaban J connectivity index is 2.59. The van der Waals surface area contributed by atoms with Gasteiger partial charge in [-0.25, -0.2) is 0 Å². The number of fused-ring (bicyclic) bond motifs is 1. The van der Waals surface area contributed by atoms with Crippen LogP contribution in [0.5, 0.6) is 0 Å². The fourth-order valence-electron chi connectivity index (χ4n) is 2.68. The van der Waals surface area contributed by atoms with Crippen molar-refractivity contribution in [3.63, 3.8) is 0 Å². The lowest BCUT2D eigenvalue weighted by molar-refractivity contribution is -0.554. The zero-order valence-electron chi connectivity index (χ0n) is 9.83. The second kappa shape index (κ2) is 3.72. The molecule has 2 rings (SSSR count). The van der Waals surface area contributed by atoms with E-state index in [0.29, 0.717) is 0 Å². The van der Waals surface area contributed by atoms with E-state index in [2.05, 4.69) is 60.9 Å². The second-order valence-corrected chi connectivity index (χ2v) is 4.51. The molecule has 15 heavy (non-hydrogen) atoms. The first-order chi connectivity index (χ1) is 7.22. The van der Waals surface area contributed by atoms with Crippen molar-refractivity contribution in [1.82, 2.24) is 5.23 Å². The van der Waals surface area contributed by atoms with Gasteiger partial charge in [-0.3, -0.25) is 0 Å². The van der Waals surface area contributed by atoms with Crippen molar-refractivity contribution < 1.29 is 4.48 Å². The maximum Gasteiger partial charge on any atom is 0.371 e. The van der Waals surface area contributed by atoms with Crippen molar-refractivity contribution in [3.8, 4) is 0 Å². The van der Waals surface area contributed by atoms with Crippen molar-refractivity contribution in [2.45, 2.75) is 33.4 Å². The molecule has 2 nitrogen and oxygen atoms in total. The molecule has 0 bridgehead atoms. The molecule has 1 aromatic heterocycles. The number of nitrogens with one attached hydrogen (secondary N) is 1. The predicted molar refractivity (Wildman–Crippen MR) is 65.5 cm³/mol. The largest absolute Gasteiger partial charge is 0.502 e. The molecule has 3 heteroatoms. The van der Waals surface area contributed by atoms with Gasteiger partial charge in [-0.2, -0.15) is 0 Å². The van der Waals surface area contributed by atoms with Crippen LogP contribution in [0.15, 0.2) is 30.1 Å². The molecule has 0 fully saturated rings. The number of hydrogen-bond donors (Lipinski definition) is 1. The number of aromatic nitrogens is 1. The van der Waals surface area contributed by atoms with Crippen LogP contribution in [-0.4, -0.2) is 6.42 Å². The van der Waals surface area contributed by atoms with Crippen LogP contribution in [0.4, 0.5) is 0 Å². The van der Waals surface area contributed by atoms with Gasteiger partial charge in [0.1, 0.15) is 6.20 Å². The Bertz CT molecular complexity index is 394. The van der Waals surface area contributed by atoms with Crippen LogP contribution in [0.2, 0.25) is 12.6 Å². The first-order valence-electron chi connectivity index (χ1n) is 5.88. The van der Waals surface area contributed by atoms with Gasteiger partial charge in [0.2, 0.25) is 0 Å². The predicted octanol–water partition coefficient (Wildman–Crippen LogP) is 2.27. The van der Waals surface area contributed by atoms with E-state index < -0.39 is 6.42 Å². The number of hydrogen-bond acceptors (Lipinski definition) is 1. The van der Waals surface area contributed by atoms with E-state index in [1.807, 2.05) is 0 Å². The minimum Gasteiger partial charge on any atom is -0.502 e. The van der Waals surface area contributed by atoms with Crippen molar-refractivity contribution in [1.29, 1.82) is 0 Å². The van der Waals surface area contributed by atoms with Gasteiger partial charge in [-0.15, -0.1) is 0 Å². The van der Waals surface area contributed by atoms with Gasteiger partial charge in [0.15, 0.2) is 5.69 Å². The highest BCUT2D eigenvalue weighted by Gasteiger charge is 2.37. The van der Waals surface area contributed by atoms with Crippen LogP contribution in [0.25, 0.3) is 6.08 Å². The van der Waals surface area contributed by atoms with Gasteiger partial charge in [0.25, 0.3) is 0 Å². The fraction of sp³-hybridized carbons (Fsp3) is 0.417. The summed E-state index contributed by atoms with van der Waals surface area (Å²) in [6.07, 6.45) is 6.07. The van der Waals surface area contributed by atoms with Gasteiger partial charge in [-0.05, 0) is 18.7 Å². The minimum absolute atomic E-state index is 0.646. The summed E-state index contributed by atoms with van der Waals surface area (Å²) < 4.78 is 2.41. The smallest absolute Gasteiger partial charge is 0.371 e. The third kappa shape index (κ3) is 1.56. The number of nitrogens with zero attached hydrogens (tertiary/aromatic N) is 1. The summed E-state index contributed by atoms with van der Waals surface area (Å²) in [4.78, 5) is 0. The SMILES string of the molecule is CC[B-]1(CC)NC(C)=Cc2cccc[n+]21. The Labute approximate surface area is 92.0 Å². The van der Waals surface area contributed by atoms with E-state index in [9.17, 15) is 0 Å². The monoisotopic (exact) mass is 202 g/mol. The number of allylic oxidation sites excluding steroid dienone is 1. The zero-order chi connectivity index (χ0) is 10.9. The zero-order valence-corrected chi connectivity index (χ0v) is 9.83. The molecule has 0 amide bonds. The highest BCUT2D eigenvalue weighted by molar-refractivity contribution is 6.69. The minimum atomic E-state index is -0.646. The van der Waals surface area contributed by atoms with Gasteiger partial charge in [0, 0.05) is 12.1 Å². The van der Waals surface area contributed by atoms with E-state index in [-0.39, 0.29) is 0 Å². The molecular formula is C12H19BN2. The lowest BCUT2D eigenvalue weighted by atomic mass is 9.41. The topological polar surface area (TPSA) is 15.9 Å². The third-order valence-electron chi connectivity index (χ3n) is 3.67. The van der Waals surface area contributed by atoms with E-state index in [4.69, 9.17) is 0 Å². The van der Waals surface area contributed by atoms with E-state index in [1.165, 1.54) is 11.4 Å². The summed E-state index contributed by atoms with van der Waals surface area (Å²) in [5.41, 5.74) is 2.60. The van der Waals surface area contributed by atoms with Crippen LogP contribution in [-0.2, 0) is 0 Å². The highest BCUT2D eigenvalue weighted by Crippen LogP contribution is 2.16. The summed E-state index contributed by atoms with van der Waals surface area (Å²) in [6, 6.07) is 6.40. The summed E-state index contributed by atoms with van der Waals surface area (Å²) in [5, 5.41) is 3.67. The average molecular weight is 202 g/mol. The summed E-state index contributed by atoms with van der Waals surface area (Å²) >= 11 is 0. The Hall–Kier alpha value is -1.25. The number of pyridine rings is 1. The van der Waals surface area contributed by atoms with E-state index >= 15 is 0 Å². The van der Waals surface area contributed by atoms with Gasteiger partial charge in [-0.1, -0.05) is 32.6 Å². The van der Waals surface area contributed by atoms with Crippen molar-refractivity contribution in [2.24, 2.45) is 0 Å². The lowest BCUT2D eigenvalue weighted by Gasteiger charge is -2.38. The molecule has 0 unspecified atom stereocenters. The molecule has 1 aliphatic rings. The molecule has 0 saturated carbocycles. The standard InChI is InChI=1S/C12H19BN2/c1-4-13(5-2)14-11(3)10-12-8-6-7-9-15(12)13/h6-10,14H,4-5H2,1-3H3. The molecule has 0 aromatic carbocycles. The van der Waals surface area contributed by atoms with Crippen LogP contribution in [0, 0.1) is 0 Å². The quantitative estimate of drug-likeness (QED) is 0.727. The molecule has 1 aromatic rings. The second-order valence-electron chi connectivity index (χ2n) is 4.51. The maximum atomic E-state index is 3.67. The van der Waals surface area contributed by atoms with Crippen LogP contribution < -0.4 is 9.71 Å². The lowest BCUT2D eigenvalue weighted by Crippen LogP contribution is -2.74. The molecule has 1 N–H and O–H groups in total. The molecule has 80 valence electrons. The van der Waals surface area contributed by atoms with Gasteiger partial charge >= 0.3 is 6.42 Å². The van der Waals surface area contributed by atoms with Gasteiger partial charge < -0.3 is 9.71 Å². The van der Waals surface area contributed by atoms with Crippen molar-refractivity contribution >= 4 is 12.5 Å². The Morgan fingerprint density at radius 1 is 1.27 bits per heavy atom. The average Bonchev–Trinajstić information content (AvgIpc) is 2.27. The Morgan fingerprint density at radius 2 is 2.00 bits per heavy atom. The summed E-state index contributed by atoms with van der Waals surface area (Å²) in [5.74, 6) is 0. The normalized spacial score (nSPS) is 17.7. The molecule has 0 radical (unpaired) electrons. The highest BCUT2D eigenvalue weighted by atomic mass is 15.1. The number of rotatable bonds is 2. The van der Waals surface area contributed by atoms with Crippen LogP contribution in [0.1, 0.15) is 26.5 Å². The summed E-state index contributed by atoms with van der Waals surface area (Å²) in [6.45, 7) is 6.68. The van der Waals surface area contributed by atoms with Crippen LogP contribution >= 0.6 is 0 Å². The molecule has 0 spiro atoms. The van der Waals surface area contributed by atoms with Crippen molar-refractivity contribution in [2.75, 3.05) is 0 Å². The molecule has 0 atom stereocenters. The van der Waals surface area contributed by atoms with Crippen molar-refractivity contribution in [3.05, 3.63) is 35.8 Å². The molecule has 1 aliphatic heterocycles. The molecule has 0 saturated heterocycles. The first-order valence-corrected chi connectivity index (χ1v) is 5.88. The Kier molecular flexibility index (Phi) is 2.55. The molecular weight excluding hydrogens is 183 g/mol. The van der Waals surface area contributed by atoms with E-state index in [1.54, 1.807) is 0 Å². The van der Waals surface area contributed by atoms with Crippen LogP contribution in [0.3, 0.4) is 0 Å². The first kappa shape index (κ1) is 10.3. The Morgan fingerprint density at radius 3 is 2.67 bits per heavy atom. The third-order valence-corrected chi connectivity index (χ3v) is 3.67. The molecule has 0 aliphatic carbocycles. The maximum absolute atomic E-state index is 3.67. The summed E-state index contributed by atoms with van der Waals surface area (Å²) in [7, 11) is 0.